The Bertz CT molecular complexity index is 457. The van der Waals surface area contributed by atoms with Crippen molar-refractivity contribution in [2.75, 3.05) is 0 Å². The molecule has 0 bridgehead atoms. The van der Waals surface area contributed by atoms with Crippen LogP contribution in [0.15, 0.2) is 23.7 Å². The molecule has 0 spiro atoms. The first-order chi connectivity index (χ1) is 9.99. The zero-order valence-corrected chi connectivity index (χ0v) is 16.6. The van der Waals surface area contributed by atoms with Crippen LogP contribution in [0, 0.1) is 0 Å². The zero-order chi connectivity index (χ0) is 18.7. The summed E-state index contributed by atoms with van der Waals surface area (Å²) in [4.78, 5) is 0. The van der Waals surface area contributed by atoms with E-state index in [1.807, 2.05) is 19.6 Å². The van der Waals surface area contributed by atoms with Crippen molar-refractivity contribution >= 4 is 16.6 Å². The second-order valence-corrected chi connectivity index (χ2v) is 15.9. The van der Waals surface area contributed by atoms with Gasteiger partial charge in [-0.05, 0) is 51.8 Å². The van der Waals surface area contributed by atoms with Crippen molar-refractivity contribution in [2.45, 2.75) is 64.7 Å². The molecule has 9 heteroatoms. The highest BCUT2D eigenvalue weighted by atomic mass is 28.4. The Morgan fingerprint density at radius 2 is 1.30 bits per heavy atom. The van der Waals surface area contributed by atoms with Crippen LogP contribution < -0.4 is 0 Å². The molecule has 23 heavy (non-hydrogen) atoms. The molecule has 0 saturated carbocycles. The van der Waals surface area contributed by atoms with Gasteiger partial charge >= 0.3 is 12.1 Å². The molecule has 0 aliphatic carbocycles. The summed E-state index contributed by atoms with van der Waals surface area (Å²) < 4.78 is 76.4. The van der Waals surface area contributed by atoms with Gasteiger partial charge in [-0.3, -0.25) is 0 Å². The first-order valence-corrected chi connectivity index (χ1v) is 14.1. The summed E-state index contributed by atoms with van der Waals surface area (Å²) in [6.45, 7) is 11.8. The number of allylic oxidation sites excluding steroid dienone is 3. The lowest BCUT2D eigenvalue weighted by molar-refractivity contribution is -0.273. The normalized spacial score (nSPS) is 15.7. The highest BCUT2D eigenvalue weighted by molar-refractivity contribution is 6.70. The zero-order valence-electron chi connectivity index (χ0n) is 14.6. The van der Waals surface area contributed by atoms with Crippen molar-refractivity contribution in [1.29, 1.82) is 0 Å². The third-order valence-corrected chi connectivity index (χ3v) is 3.86. The van der Waals surface area contributed by atoms with E-state index in [-0.39, 0.29) is 5.76 Å². The topological polar surface area (TPSA) is 18.5 Å². The SMILES string of the molecule is CC/C=C(\C=C(\O[Si](C)(C)C)C(F)(F)C(F)(F)F)O[Si](C)(C)C. The smallest absolute Gasteiger partial charge is 0.461 e. The second kappa shape index (κ2) is 7.37. The molecule has 0 aromatic carbocycles. The lowest BCUT2D eigenvalue weighted by Gasteiger charge is -2.29. The van der Waals surface area contributed by atoms with E-state index in [0.717, 1.165) is 0 Å². The summed E-state index contributed by atoms with van der Waals surface area (Å²) in [5.74, 6) is -6.48. The summed E-state index contributed by atoms with van der Waals surface area (Å²) >= 11 is 0. The first-order valence-electron chi connectivity index (χ1n) is 7.24. The maximum absolute atomic E-state index is 13.8. The molecule has 0 aliphatic rings. The van der Waals surface area contributed by atoms with Crippen molar-refractivity contribution in [2.24, 2.45) is 0 Å². The van der Waals surface area contributed by atoms with Crippen LogP contribution in [0.5, 0.6) is 0 Å². The summed E-state index contributed by atoms with van der Waals surface area (Å²) in [5.41, 5.74) is 0. The lowest BCUT2D eigenvalue weighted by atomic mass is 10.2. The van der Waals surface area contributed by atoms with E-state index in [0.29, 0.717) is 12.5 Å². The van der Waals surface area contributed by atoms with Gasteiger partial charge in [0.1, 0.15) is 5.76 Å². The van der Waals surface area contributed by atoms with E-state index in [4.69, 9.17) is 8.85 Å². The summed E-state index contributed by atoms with van der Waals surface area (Å²) in [7, 11) is -4.85. The van der Waals surface area contributed by atoms with Crippen LogP contribution in [0.25, 0.3) is 0 Å². The minimum absolute atomic E-state index is 0.0103. The molecule has 0 heterocycles. The predicted molar refractivity (Wildman–Crippen MR) is 86.3 cm³/mol. The number of rotatable bonds is 7. The average Bonchev–Trinajstić information content (AvgIpc) is 2.22. The minimum atomic E-state index is -5.73. The minimum Gasteiger partial charge on any atom is -0.544 e. The molecule has 0 unspecified atom stereocenters. The van der Waals surface area contributed by atoms with Crippen LogP contribution in [0.1, 0.15) is 13.3 Å². The lowest BCUT2D eigenvalue weighted by Crippen LogP contribution is -2.42. The maximum atomic E-state index is 13.8. The fraction of sp³-hybridized carbons (Fsp3) is 0.714. The molecule has 0 amide bonds. The van der Waals surface area contributed by atoms with Gasteiger partial charge in [0, 0.05) is 6.08 Å². The number of hydrogen-bond acceptors (Lipinski definition) is 2. The van der Waals surface area contributed by atoms with Crippen LogP contribution in [0.4, 0.5) is 22.0 Å². The van der Waals surface area contributed by atoms with Crippen LogP contribution in [0.2, 0.25) is 39.3 Å². The summed E-state index contributed by atoms with van der Waals surface area (Å²) in [6, 6.07) is 0. The standard InChI is InChI=1S/C14H25F5O2Si2/c1-8-9-11(20-22(2,3)4)10-12(21-23(5,6)7)13(15,16)14(17,18)19/h9-10H,8H2,1-7H3/b11-9+,12-10+. The third-order valence-electron chi connectivity index (χ3n) is 2.18. The molecule has 0 aromatic rings. The van der Waals surface area contributed by atoms with Gasteiger partial charge < -0.3 is 8.85 Å². The van der Waals surface area contributed by atoms with Gasteiger partial charge in [0.2, 0.25) is 16.6 Å². The van der Waals surface area contributed by atoms with Crippen molar-refractivity contribution in [3.8, 4) is 0 Å². The number of alkyl halides is 5. The Balaban J connectivity index is 5.96. The molecular formula is C14H25F5O2Si2. The molecule has 136 valence electrons. The van der Waals surface area contributed by atoms with Crippen molar-refractivity contribution in [3.05, 3.63) is 23.7 Å². The van der Waals surface area contributed by atoms with Gasteiger partial charge in [0.15, 0.2) is 5.76 Å². The van der Waals surface area contributed by atoms with Gasteiger partial charge in [-0.15, -0.1) is 0 Å². The predicted octanol–water partition coefficient (Wildman–Crippen LogP) is 6.06. The molecule has 0 radical (unpaired) electrons. The molecular weight excluding hydrogens is 351 g/mol. The molecule has 0 rings (SSSR count). The van der Waals surface area contributed by atoms with Crippen molar-refractivity contribution < 1.29 is 30.8 Å². The van der Waals surface area contributed by atoms with Crippen molar-refractivity contribution in [1.82, 2.24) is 0 Å². The molecule has 2 nitrogen and oxygen atoms in total. The van der Waals surface area contributed by atoms with Gasteiger partial charge in [-0.2, -0.15) is 22.0 Å². The number of hydrogen-bond donors (Lipinski definition) is 0. The van der Waals surface area contributed by atoms with Crippen molar-refractivity contribution in [3.63, 3.8) is 0 Å². The Kier molecular flexibility index (Phi) is 7.10. The Morgan fingerprint density at radius 1 is 0.870 bits per heavy atom. The van der Waals surface area contributed by atoms with Gasteiger partial charge in [0.25, 0.3) is 0 Å². The molecule has 0 saturated heterocycles. The largest absolute Gasteiger partial charge is 0.544 e. The van der Waals surface area contributed by atoms with Crippen LogP contribution >= 0.6 is 0 Å². The van der Waals surface area contributed by atoms with E-state index >= 15 is 0 Å². The van der Waals surface area contributed by atoms with Crippen LogP contribution in [-0.4, -0.2) is 28.7 Å². The van der Waals surface area contributed by atoms with Crippen LogP contribution in [0.3, 0.4) is 0 Å². The first kappa shape index (κ1) is 22.2. The summed E-state index contributed by atoms with van der Waals surface area (Å²) in [5, 5.41) is 0. The number of halogens is 5. The highest BCUT2D eigenvalue weighted by Crippen LogP contribution is 2.43. The van der Waals surface area contributed by atoms with Crippen LogP contribution in [-0.2, 0) is 8.85 Å². The quantitative estimate of drug-likeness (QED) is 0.232. The van der Waals surface area contributed by atoms with E-state index in [1.165, 1.54) is 25.7 Å². The van der Waals surface area contributed by atoms with Gasteiger partial charge in [0.05, 0.1) is 0 Å². The molecule has 0 aliphatic heterocycles. The van der Waals surface area contributed by atoms with E-state index in [1.54, 1.807) is 6.92 Å². The molecule has 0 N–H and O–H groups in total. The fourth-order valence-corrected chi connectivity index (χ4v) is 3.16. The fourth-order valence-electron chi connectivity index (χ4n) is 1.47. The average molecular weight is 377 g/mol. The van der Waals surface area contributed by atoms with Gasteiger partial charge in [-0.25, -0.2) is 0 Å². The van der Waals surface area contributed by atoms with E-state index in [2.05, 4.69) is 0 Å². The van der Waals surface area contributed by atoms with E-state index in [9.17, 15) is 22.0 Å². The molecule has 0 atom stereocenters. The monoisotopic (exact) mass is 376 g/mol. The highest BCUT2D eigenvalue weighted by Gasteiger charge is 2.62. The maximum Gasteiger partial charge on any atom is 0.461 e. The Labute approximate surface area is 136 Å². The Hall–Kier alpha value is -0.836. The van der Waals surface area contributed by atoms with Gasteiger partial charge in [-0.1, -0.05) is 6.92 Å². The molecule has 0 fully saturated rings. The summed E-state index contributed by atoms with van der Waals surface area (Å²) in [6.07, 6.45) is -3.13. The Morgan fingerprint density at radius 3 is 1.61 bits per heavy atom. The second-order valence-electron chi connectivity index (χ2n) is 7.02. The van der Waals surface area contributed by atoms with E-state index < -0.39 is 34.5 Å². The molecule has 0 aromatic heterocycles. The third kappa shape index (κ3) is 8.00.